The summed E-state index contributed by atoms with van der Waals surface area (Å²) in [5.74, 6) is -0.214. The summed E-state index contributed by atoms with van der Waals surface area (Å²) in [6.07, 6.45) is 6.55. The standard InChI is InChI=1S/C22H24N4O2/c1-2-15-7-9-16(10-8-15)12-23-20(27)13-26-14-24-21-18(22(26)28)11-17-5-3-4-6-19(17)25-21/h7-11,14H,2-6,12-13H2,1H3,(H,23,27). The second kappa shape index (κ2) is 7.92. The Labute approximate surface area is 163 Å². The molecule has 0 radical (unpaired) electrons. The smallest absolute Gasteiger partial charge is 0.263 e. The van der Waals surface area contributed by atoms with Crippen molar-refractivity contribution in [3.63, 3.8) is 0 Å². The van der Waals surface area contributed by atoms with Crippen LogP contribution < -0.4 is 10.9 Å². The summed E-state index contributed by atoms with van der Waals surface area (Å²) in [6.45, 7) is 2.50. The number of hydrogen-bond acceptors (Lipinski definition) is 4. The maximum atomic E-state index is 12.8. The van der Waals surface area contributed by atoms with Gasteiger partial charge in [-0.25, -0.2) is 9.97 Å². The highest BCUT2D eigenvalue weighted by molar-refractivity contribution is 5.77. The SMILES string of the molecule is CCc1ccc(CNC(=O)Cn2cnc3nc4c(cc3c2=O)CCCC4)cc1. The number of rotatable bonds is 5. The molecule has 1 aromatic carbocycles. The molecule has 144 valence electrons. The van der Waals surface area contributed by atoms with Crippen LogP contribution in [0, 0.1) is 0 Å². The van der Waals surface area contributed by atoms with Crippen LogP contribution in [0.3, 0.4) is 0 Å². The fourth-order valence-electron chi connectivity index (χ4n) is 3.63. The Kier molecular flexibility index (Phi) is 5.19. The van der Waals surface area contributed by atoms with Crippen molar-refractivity contribution >= 4 is 16.9 Å². The zero-order chi connectivity index (χ0) is 19.5. The van der Waals surface area contributed by atoms with Crippen LogP contribution >= 0.6 is 0 Å². The van der Waals surface area contributed by atoms with Gasteiger partial charge in [-0.1, -0.05) is 31.2 Å². The first kappa shape index (κ1) is 18.3. The van der Waals surface area contributed by atoms with E-state index >= 15 is 0 Å². The van der Waals surface area contributed by atoms with Crippen molar-refractivity contribution < 1.29 is 4.79 Å². The first-order chi connectivity index (χ1) is 13.6. The van der Waals surface area contributed by atoms with Gasteiger partial charge in [0, 0.05) is 12.2 Å². The fourth-order valence-corrected chi connectivity index (χ4v) is 3.63. The molecular weight excluding hydrogens is 352 g/mol. The maximum Gasteiger partial charge on any atom is 0.263 e. The maximum absolute atomic E-state index is 12.8. The average Bonchev–Trinajstić information content (AvgIpc) is 2.73. The third-order valence-electron chi connectivity index (χ3n) is 5.33. The number of amides is 1. The predicted octanol–water partition coefficient (Wildman–Crippen LogP) is 2.55. The minimum atomic E-state index is -0.215. The summed E-state index contributed by atoms with van der Waals surface area (Å²) in [7, 11) is 0. The Morgan fingerprint density at radius 1 is 1.14 bits per heavy atom. The molecule has 6 heteroatoms. The Morgan fingerprint density at radius 3 is 2.68 bits per heavy atom. The largest absolute Gasteiger partial charge is 0.350 e. The number of benzene rings is 1. The minimum Gasteiger partial charge on any atom is -0.350 e. The quantitative estimate of drug-likeness (QED) is 0.742. The molecule has 1 aliphatic rings. The molecule has 0 bridgehead atoms. The van der Waals surface area contributed by atoms with E-state index in [-0.39, 0.29) is 18.0 Å². The lowest BCUT2D eigenvalue weighted by atomic mass is 9.95. The van der Waals surface area contributed by atoms with Crippen molar-refractivity contribution in [2.75, 3.05) is 0 Å². The highest BCUT2D eigenvalue weighted by Crippen LogP contribution is 2.21. The summed E-state index contributed by atoms with van der Waals surface area (Å²) in [5.41, 5.74) is 4.74. The second-order valence-corrected chi connectivity index (χ2v) is 7.30. The number of carbonyl (C=O) groups is 1. The third-order valence-corrected chi connectivity index (χ3v) is 5.33. The van der Waals surface area contributed by atoms with Gasteiger partial charge in [0.05, 0.1) is 5.39 Å². The first-order valence-electron chi connectivity index (χ1n) is 9.86. The van der Waals surface area contributed by atoms with E-state index in [0.717, 1.165) is 48.9 Å². The normalized spacial score (nSPS) is 13.3. The fraction of sp³-hybridized carbons (Fsp3) is 0.364. The van der Waals surface area contributed by atoms with Crippen LogP contribution in [-0.4, -0.2) is 20.4 Å². The molecule has 6 nitrogen and oxygen atoms in total. The Balaban J connectivity index is 1.48. The van der Waals surface area contributed by atoms with Gasteiger partial charge in [-0.05, 0) is 54.9 Å². The molecular formula is C22H24N4O2. The zero-order valence-electron chi connectivity index (χ0n) is 16.1. The summed E-state index contributed by atoms with van der Waals surface area (Å²) in [5, 5.41) is 3.36. The predicted molar refractivity (Wildman–Crippen MR) is 108 cm³/mol. The average molecular weight is 376 g/mol. The highest BCUT2D eigenvalue weighted by Gasteiger charge is 2.15. The Morgan fingerprint density at radius 2 is 1.89 bits per heavy atom. The Hall–Kier alpha value is -3.02. The number of nitrogens with zero attached hydrogens (tertiary/aromatic N) is 3. The summed E-state index contributed by atoms with van der Waals surface area (Å²) >= 11 is 0. The molecule has 0 saturated carbocycles. The van der Waals surface area contributed by atoms with E-state index in [1.807, 2.05) is 18.2 Å². The Bertz CT molecular complexity index is 1070. The number of fused-ring (bicyclic) bond motifs is 2. The van der Waals surface area contributed by atoms with Crippen molar-refractivity contribution in [3.05, 3.63) is 69.4 Å². The van der Waals surface area contributed by atoms with Gasteiger partial charge in [0.2, 0.25) is 5.91 Å². The van der Waals surface area contributed by atoms with Crippen LogP contribution in [0.4, 0.5) is 0 Å². The van der Waals surface area contributed by atoms with Gasteiger partial charge < -0.3 is 5.32 Å². The zero-order valence-corrected chi connectivity index (χ0v) is 16.1. The summed E-state index contributed by atoms with van der Waals surface area (Å²) < 4.78 is 1.36. The van der Waals surface area contributed by atoms with Crippen LogP contribution in [0.15, 0.2) is 41.5 Å². The summed E-state index contributed by atoms with van der Waals surface area (Å²) in [6, 6.07) is 10.1. The van der Waals surface area contributed by atoms with Gasteiger partial charge in [0.15, 0.2) is 5.65 Å². The number of carbonyl (C=O) groups excluding carboxylic acids is 1. The van der Waals surface area contributed by atoms with Gasteiger partial charge >= 0.3 is 0 Å². The molecule has 1 aliphatic carbocycles. The topological polar surface area (TPSA) is 76.9 Å². The second-order valence-electron chi connectivity index (χ2n) is 7.30. The molecule has 1 amide bonds. The number of nitrogens with one attached hydrogen (secondary N) is 1. The van der Waals surface area contributed by atoms with Crippen molar-refractivity contribution in [1.29, 1.82) is 0 Å². The van der Waals surface area contributed by atoms with Crippen molar-refractivity contribution in [1.82, 2.24) is 19.9 Å². The molecule has 2 aromatic heterocycles. The summed E-state index contributed by atoms with van der Waals surface area (Å²) in [4.78, 5) is 34.0. The molecule has 0 fully saturated rings. The molecule has 0 atom stereocenters. The van der Waals surface area contributed by atoms with E-state index in [0.29, 0.717) is 17.6 Å². The van der Waals surface area contributed by atoms with E-state index < -0.39 is 0 Å². The third kappa shape index (κ3) is 3.81. The molecule has 2 heterocycles. The molecule has 1 N–H and O–H groups in total. The molecule has 0 aliphatic heterocycles. The monoisotopic (exact) mass is 376 g/mol. The lowest BCUT2D eigenvalue weighted by Gasteiger charge is -2.15. The lowest BCUT2D eigenvalue weighted by molar-refractivity contribution is -0.121. The van der Waals surface area contributed by atoms with Crippen molar-refractivity contribution in [2.45, 2.75) is 52.1 Å². The van der Waals surface area contributed by atoms with E-state index in [1.165, 1.54) is 16.5 Å². The molecule has 4 rings (SSSR count). The van der Waals surface area contributed by atoms with E-state index in [2.05, 4.69) is 34.3 Å². The number of hydrogen-bond donors (Lipinski definition) is 1. The minimum absolute atomic E-state index is 0.0497. The van der Waals surface area contributed by atoms with Gasteiger partial charge in [-0.15, -0.1) is 0 Å². The van der Waals surface area contributed by atoms with Crippen LogP contribution in [0.1, 0.15) is 42.1 Å². The number of pyridine rings is 1. The van der Waals surface area contributed by atoms with E-state index in [4.69, 9.17) is 0 Å². The molecule has 3 aromatic rings. The van der Waals surface area contributed by atoms with Crippen molar-refractivity contribution in [3.8, 4) is 0 Å². The van der Waals surface area contributed by atoms with Gasteiger partial charge in [0.25, 0.3) is 5.56 Å². The van der Waals surface area contributed by atoms with Crippen LogP contribution in [-0.2, 0) is 37.1 Å². The molecule has 0 spiro atoms. The molecule has 0 saturated heterocycles. The van der Waals surface area contributed by atoms with Crippen molar-refractivity contribution in [2.24, 2.45) is 0 Å². The van der Waals surface area contributed by atoms with Crippen LogP contribution in [0.25, 0.3) is 11.0 Å². The number of aromatic nitrogens is 3. The first-order valence-corrected chi connectivity index (χ1v) is 9.86. The lowest BCUT2D eigenvalue weighted by Crippen LogP contribution is -2.32. The van der Waals surface area contributed by atoms with E-state index in [1.54, 1.807) is 0 Å². The number of aryl methyl sites for hydroxylation is 3. The van der Waals surface area contributed by atoms with Gasteiger partial charge in [0.1, 0.15) is 12.9 Å². The molecule has 0 unspecified atom stereocenters. The van der Waals surface area contributed by atoms with Gasteiger partial charge in [-0.3, -0.25) is 14.2 Å². The molecule has 28 heavy (non-hydrogen) atoms. The van der Waals surface area contributed by atoms with Crippen LogP contribution in [0.5, 0.6) is 0 Å². The van der Waals surface area contributed by atoms with Crippen LogP contribution in [0.2, 0.25) is 0 Å². The van der Waals surface area contributed by atoms with Gasteiger partial charge in [-0.2, -0.15) is 0 Å². The highest BCUT2D eigenvalue weighted by atomic mass is 16.2. The van der Waals surface area contributed by atoms with E-state index in [9.17, 15) is 9.59 Å².